The lowest BCUT2D eigenvalue weighted by Gasteiger charge is -2.41. The Labute approximate surface area is 409 Å². The van der Waals surface area contributed by atoms with Gasteiger partial charge in [-0.3, -0.25) is 13.7 Å². The lowest BCUT2D eigenvalue weighted by molar-refractivity contribution is -0.910. The number of nitrogens with one attached hydrogen (secondary N) is 3. The molecular formula is C42H93N4O18S3Si+. The van der Waals surface area contributed by atoms with Gasteiger partial charge in [-0.1, -0.05) is 90.9 Å². The van der Waals surface area contributed by atoms with Gasteiger partial charge in [0.2, 0.25) is 0 Å². The average molecular weight is 1070 g/mol. The van der Waals surface area contributed by atoms with Crippen LogP contribution in [0, 0.1) is 0 Å². The molecule has 0 fully saturated rings. The standard InChI is InChI=1S/C42H92N4O18S3Si/c1-4-6-8-10-12-14-16-18-24-46(3,25-19-17-15-13-11-9-7-5-2)26-20-30-68(62-37-40(31-47,32-48)43-21-27-65(53,54)55,63-38-41(33-49,34-50)44-22-28-66(56,57)58)64-39-42(35-51,36-52)45-23-29-67(59,60)61/h43-45,47-52H,4-39H2,1-3H3,(H2-,53,54,55,56,57,58,59,60,61)/p+1. The van der Waals surface area contributed by atoms with Gasteiger partial charge >= 0.3 is 8.80 Å². The molecule has 0 unspecified atom stereocenters. The van der Waals surface area contributed by atoms with Crippen molar-refractivity contribution in [2.75, 3.05) is 123 Å². The molecule has 0 saturated heterocycles. The molecule has 0 amide bonds. The maximum absolute atomic E-state index is 11.6. The number of nitrogens with zero attached hydrogens (tertiary/aromatic N) is 1. The number of aliphatic hydroxyl groups excluding tert-OH is 6. The monoisotopic (exact) mass is 1070 g/mol. The van der Waals surface area contributed by atoms with E-state index in [0.29, 0.717) is 17.4 Å². The third-order valence-electron chi connectivity index (χ3n) is 12.4. The molecule has 0 spiro atoms. The van der Waals surface area contributed by atoms with Crippen molar-refractivity contribution in [1.29, 1.82) is 0 Å². The van der Waals surface area contributed by atoms with E-state index < -0.39 is 152 Å². The molecule has 22 nitrogen and oxygen atoms in total. The zero-order valence-corrected chi connectivity index (χ0v) is 44.8. The summed E-state index contributed by atoms with van der Waals surface area (Å²) < 4.78 is 118. The van der Waals surface area contributed by atoms with E-state index in [4.69, 9.17) is 13.3 Å². The largest absolute Gasteiger partial charge is 0.501 e. The highest BCUT2D eigenvalue weighted by atomic mass is 32.2. The number of aliphatic hydroxyl groups is 6. The molecular weight excluding hydrogens is 973 g/mol. The zero-order chi connectivity index (χ0) is 51.7. The highest BCUT2D eigenvalue weighted by molar-refractivity contribution is 7.86. The highest BCUT2D eigenvalue weighted by Crippen LogP contribution is 2.26. The Morgan fingerprint density at radius 2 is 0.676 bits per heavy atom. The fourth-order valence-corrected chi connectivity index (χ4v) is 11.4. The third-order valence-corrected chi connectivity index (χ3v) is 17.3. The summed E-state index contributed by atoms with van der Waals surface area (Å²) in [6, 6.07) is -0.0381. The SMILES string of the molecule is CCCCCCCCCC[N+](C)(CCCCCCCCCC)CCC[Si](OCC(CO)(CO)NCCS(=O)(=O)O)(OCC(CO)(CO)NCCS(=O)(=O)O)OCC(CO)(CO)NCCS(=O)(=O)O. The van der Waals surface area contributed by atoms with Crippen LogP contribution in [-0.4, -0.2) is 222 Å². The Hall–Kier alpha value is -0.573. The maximum Gasteiger partial charge on any atom is 0.501 e. The van der Waals surface area contributed by atoms with Crippen LogP contribution in [0.3, 0.4) is 0 Å². The van der Waals surface area contributed by atoms with E-state index >= 15 is 0 Å². The van der Waals surface area contributed by atoms with Crippen LogP contribution in [0.15, 0.2) is 0 Å². The molecule has 0 aromatic carbocycles. The van der Waals surface area contributed by atoms with Crippen molar-refractivity contribution in [3.63, 3.8) is 0 Å². The second-order valence-corrected chi connectivity index (χ2v) is 26.3. The van der Waals surface area contributed by atoms with E-state index in [1.807, 2.05) is 0 Å². The van der Waals surface area contributed by atoms with Crippen molar-refractivity contribution in [3.05, 3.63) is 0 Å². The molecule has 68 heavy (non-hydrogen) atoms. The third kappa shape index (κ3) is 31.8. The Balaban J connectivity index is 7.20. The summed E-state index contributed by atoms with van der Waals surface area (Å²) >= 11 is 0. The van der Waals surface area contributed by atoms with Crippen LogP contribution < -0.4 is 16.0 Å². The fraction of sp³-hybridized carbons (Fsp3) is 1.00. The Morgan fingerprint density at radius 3 is 0.926 bits per heavy atom. The minimum atomic E-state index is -4.48. The molecule has 0 saturated carbocycles. The molecule has 0 rings (SSSR count). The Kier molecular flexibility index (Phi) is 35.3. The minimum absolute atomic E-state index is 0.0381. The number of unbranched alkanes of at least 4 members (excludes halogenated alkanes) is 14. The van der Waals surface area contributed by atoms with Gasteiger partial charge < -0.3 is 64.4 Å². The molecule has 0 heterocycles. The summed E-state index contributed by atoms with van der Waals surface area (Å²) in [5.74, 6) is -2.39. The second kappa shape index (κ2) is 35.6. The first-order valence-electron chi connectivity index (χ1n) is 24.4. The van der Waals surface area contributed by atoms with Gasteiger partial charge in [0.15, 0.2) is 0 Å². The first-order valence-corrected chi connectivity index (χ1v) is 31.2. The van der Waals surface area contributed by atoms with Crippen molar-refractivity contribution < 1.29 is 87.3 Å². The van der Waals surface area contributed by atoms with Crippen LogP contribution in [0.4, 0.5) is 0 Å². The van der Waals surface area contributed by atoms with Gasteiger partial charge in [0.25, 0.3) is 30.4 Å². The van der Waals surface area contributed by atoms with Gasteiger partial charge in [-0.2, -0.15) is 25.3 Å². The number of quaternary nitrogens is 1. The van der Waals surface area contributed by atoms with Crippen LogP contribution in [0.5, 0.6) is 0 Å². The highest BCUT2D eigenvalue weighted by Gasteiger charge is 2.48. The lowest BCUT2D eigenvalue weighted by Crippen LogP contribution is -2.64. The van der Waals surface area contributed by atoms with Crippen LogP contribution in [-0.2, 0) is 43.6 Å². The summed E-state index contributed by atoms with van der Waals surface area (Å²) in [6.45, 7) is -1.60. The number of hydrogen-bond donors (Lipinski definition) is 12. The van der Waals surface area contributed by atoms with Gasteiger partial charge in [0.05, 0.1) is 120 Å². The van der Waals surface area contributed by atoms with Gasteiger partial charge in [-0.15, -0.1) is 0 Å². The number of rotatable bonds is 49. The predicted octanol–water partition coefficient (Wildman–Crippen LogP) is 0.696. The molecule has 26 heteroatoms. The summed E-state index contributed by atoms with van der Waals surface area (Å²) in [4.78, 5) is 0. The smallest absolute Gasteiger partial charge is 0.394 e. The summed E-state index contributed by atoms with van der Waals surface area (Å²) in [5.41, 5.74) is -5.36. The van der Waals surface area contributed by atoms with E-state index in [2.05, 4.69) is 36.8 Å². The Bertz CT molecular complexity index is 1450. The maximum atomic E-state index is 11.6. The molecule has 0 radical (unpaired) electrons. The number of hydrogen-bond acceptors (Lipinski definition) is 18. The van der Waals surface area contributed by atoms with Gasteiger partial charge in [-0.05, 0) is 25.7 Å². The summed E-state index contributed by atoms with van der Waals surface area (Å²) in [7, 11) is -15.7. The zero-order valence-electron chi connectivity index (χ0n) is 41.3. The molecule has 0 bridgehead atoms. The van der Waals surface area contributed by atoms with Crippen molar-refractivity contribution in [1.82, 2.24) is 16.0 Å². The van der Waals surface area contributed by atoms with E-state index in [-0.39, 0.29) is 6.04 Å². The molecule has 0 aromatic rings. The first-order chi connectivity index (χ1) is 31.9. The van der Waals surface area contributed by atoms with Gasteiger partial charge in [-0.25, -0.2) is 0 Å². The van der Waals surface area contributed by atoms with E-state index in [0.717, 1.165) is 64.5 Å². The molecule has 0 atom stereocenters. The minimum Gasteiger partial charge on any atom is -0.394 e. The van der Waals surface area contributed by atoms with Crippen LogP contribution in [0.1, 0.15) is 123 Å². The fourth-order valence-electron chi connectivity index (χ4n) is 7.60. The van der Waals surface area contributed by atoms with E-state index in [1.54, 1.807) is 0 Å². The Morgan fingerprint density at radius 1 is 0.426 bits per heavy atom. The van der Waals surface area contributed by atoms with Crippen molar-refractivity contribution in [2.24, 2.45) is 0 Å². The van der Waals surface area contributed by atoms with Crippen LogP contribution >= 0.6 is 0 Å². The van der Waals surface area contributed by atoms with Crippen LogP contribution in [0.2, 0.25) is 6.04 Å². The molecule has 0 aliphatic rings. The molecule has 12 N–H and O–H groups in total. The first kappa shape index (κ1) is 67.4. The molecule has 0 aliphatic carbocycles. The quantitative estimate of drug-likeness (QED) is 0.0173. The van der Waals surface area contributed by atoms with Crippen molar-refractivity contribution in [2.45, 2.75) is 146 Å². The topological polar surface area (TPSA) is 348 Å². The summed E-state index contributed by atoms with van der Waals surface area (Å²) in [6.07, 6.45) is 18.6. The van der Waals surface area contributed by atoms with E-state index in [1.165, 1.54) is 51.4 Å². The summed E-state index contributed by atoms with van der Waals surface area (Å²) in [5, 5.41) is 71.5. The lowest BCUT2D eigenvalue weighted by atomic mass is 10.0. The second-order valence-electron chi connectivity index (χ2n) is 18.8. The molecule has 0 aliphatic heterocycles. The van der Waals surface area contributed by atoms with Gasteiger partial charge in [0.1, 0.15) is 0 Å². The van der Waals surface area contributed by atoms with Crippen molar-refractivity contribution >= 4 is 39.2 Å². The molecule has 0 aromatic heterocycles. The normalized spacial score (nSPS) is 13.8. The predicted molar refractivity (Wildman–Crippen MR) is 263 cm³/mol. The van der Waals surface area contributed by atoms with E-state index in [9.17, 15) is 69.6 Å². The van der Waals surface area contributed by atoms with Gasteiger partial charge in [0, 0.05) is 32.1 Å². The average Bonchev–Trinajstić information content (AvgIpc) is 3.28. The van der Waals surface area contributed by atoms with Crippen LogP contribution in [0.25, 0.3) is 0 Å². The molecule has 410 valence electrons. The van der Waals surface area contributed by atoms with Crippen molar-refractivity contribution in [3.8, 4) is 0 Å².